The summed E-state index contributed by atoms with van der Waals surface area (Å²) in [5.74, 6) is 2.60. The van der Waals surface area contributed by atoms with E-state index >= 15 is 0 Å². The molecule has 2 rings (SSSR count). The first kappa shape index (κ1) is 13.7. The number of hydrogen-bond acceptors (Lipinski definition) is 2. The van der Waals surface area contributed by atoms with Crippen LogP contribution in [-0.4, -0.2) is 8.42 Å². The van der Waals surface area contributed by atoms with E-state index in [1.54, 1.807) is 48.5 Å². The van der Waals surface area contributed by atoms with Crippen molar-refractivity contribution in [2.75, 3.05) is 0 Å². The van der Waals surface area contributed by atoms with Gasteiger partial charge >= 0.3 is 0 Å². The Labute approximate surface area is 118 Å². The zero-order valence-electron chi connectivity index (χ0n) is 10.2. The van der Waals surface area contributed by atoms with E-state index in [0.29, 0.717) is 10.6 Å². The molecular weight excluding hydrogens is 280 g/mol. The first-order chi connectivity index (χ1) is 8.99. The lowest BCUT2D eigenvalue weighted by Gasteiger charge is -1.97. The number of hydrogen-bond donors (Lipinski definition) is 0. The van der Waals surface area contributed by atoms with Crippen molar-refractivity contribution in [1.29, 1.82) is 0 Å². The second-order valence-corrected chi connectivity index (χ2v) is 6.11. The van der Waals surface area contributed by atoms with Gasteiger partial charge in [0.2, 0.25) is 9.84 Å². The second-order valence-electron chi connectivity index (χ2n) is 4.02. The van der Waals surface area contributed by atoms with Gasteiger partial charge in [0.15, 0.2) is 0 Å². The quantitative estimate of drug-likeness (QED) is 0.754. The number of rotatable bonds is 1. The Kier molecular flexibility index (Phi) is 3.94. The van der Waals surface area contributed by atoms with Gasteiger partial charge < -0.3 is 0 Å². The van der Waals surface area contributed by atoms with Crippen LogP contribution in [0.25, 0.3) is 0 Å². The molecule has 0 bridgehead atoms. The van der Waals surface area contributed by atoms with Crippen LogP contribution in [0.3, 0.4) is 0 Å². The highest BCUT2D eigenvalue weighted by molar-refractivity contribution is 7.96. The fraction of sp³-hybridized carbons (Fsp3) is 0.0667. The van der Waals surface area contributed by atoms with E-state index in [1.807, 2.05) is 6.92 Å². The standard InChI is InChI=1S/C15H11ClO2S/c1-12-6-8-14(9-7-12)19(17,18)11-10-13-4-2-3-5-15(13)16/h2-9H,1H3. The Morgan fingerprint density at radius 3 is 2.26 bits per heavy atom. The van der Waals surface area contributed by atoms with Crippen molar-refractivity contribution in [2.24, 2.45) is 0 Å². The molecule has 0 saturated carbocycles. The van der Waals surface area contributed by atoms with Crippen molar-refractivity contribution in [1.82, 2.24) is 0 Å². The maximum atomic E-state index is 12.0. The summed E-state index contributed by atoms with van der Waals surface area (Å²) < 4.78 is 24.0. The van der Waals surface area contributed by atoms with E-state index in [4.69, 9.17) is 11.6 Å². The van der Waals surface area contributed by atoms with Crippen molar-refractivity contribution in [2.45, 2.75) is 11.8 Å². The molecule has 0 aliphatic heterocycles. The minimum atomic E-state index is -3.61. The van der Waals surface area contributed by atoms with Gasteiger partial charge in [0, 0.05) is 10.8 Å². The Morgan fingerprint density at radius 1 is 1.00 bits per heavy atom. The number of halogens is 1. The van der Waals surface area contributed by atoms with Crippen LogP contribution >= 0.6 is 11.6 Å². The van der Waals surface area contributed by atoms with Crippen molar-refractivity contribution < 1.29 is 8.42 Å². The van der Waals surface area contributed by atoms with Crippen LogP contribution in [0.15, 0.2) is 53.4 Å². The first-order valence-electron chi connectivity index (χ1n) is 5.58. The third-order valence-corrected chi connectivity index (χ3v) is 4.12. The van der Waals surface area contributed by atoms with Gasteiger partial charge in [-0.2, -0.15) is 0 Å². The summed E-state index contributed by atoms with van der Waals surface area (Å²) in [7, 11) is -3.61. The molecule has 0 fully saturated rings. The Hall–Kier alpha value is -1.76. The fourth-order valence-corrected chi connectivity index (χ4v) is 2.50. The maximum Gasteiger partial charge on any atom is 0.245 e. The van der Waals surface area contributed by atoms with Gasteiger partial charge in [-0.05, 0) is 37.1 Å². The largest absolute Gasteiger partial charge is 0.245 e. The average molecular weight is 291 g/mol. The average Bonchev–Trinajstić information content (AvgIpc) is 2.38. The predicted molar refractivity (Wildman–Crippen MR) is 76.7 cm³/mol. The van der Waals surface area contributed by atoms with Gasteiger partial charge in [-0.25, -0.2) is 8.42 Å². The lowest BCUT2D eigenvalue weighted by atomic mass is 10.2. The Bertz CT molecular complexity index is 751. The van der Waals surface area contributed by atoms with Gasteiger partial charge in [-0.3, -0.25) is 0 Å². The molecule has 96 valence electrons. The van der Waals surface area contributed by atoms with Crippen LogP contribution in [0, 0.1) is 18.1 Å². The minimum Gasteiger partial charge on any atom is -0.210 e. The molecule has 2 aromatic rings. The Morgan fingerprint density at radius 2 is 1.63 bits per heavy atom. The van der Waals surface area contributed by atoms with Crippen molar-refractivity contribution in [3.05, 3.63) is 64.7 Å². The monoisotopic (exact) mass is 290 g/mol. The molecule has 0 atom stereocenters. The molecule has 0 unspecified atom stereocenters. The molecule has 0 amide bonds. The van der Waals surface area contributed by atoms with E-state index in [9.17, 15) is 8.42 Å². The molecule has 0 aliphatic rings. The molecule has 2 nitrogen and oxygen atoms in total. The molecule has 4 heteroatoms. The third-order valence-electron chi connectivity index (χ3n) is 2.53. The lowest BCUT2D eigenvalue weighted by Crippen LogP contribution is -1.96. The molecular formula is C15H11ClO2S. The zero-order valence-corrected chi connectivity index (χ0v) is 11.8. The highest BCUT2D eigenvalue weighted by Gasteiger charge is 2.09. The molecule has 0 aromatic heterocycles. The second kappa shape index (κ2) is 5.48. The highest BCUT2D eigenvalue weighted by Crippen LogP contribution is 2.15. The van der Waals surface area contributed by atoms with Crippen LogP contribution in [-0.2, 0) is 9.84 Å². The third kappa shape index (κ3) is 3.37. The fourth-order valence-electron chi connectivity index (χ4n) is 1.46. The molecule has 19 heavy (non-hydrogen) atoms. The first-order valence-corrected chi connectivity index (χ1v) is 7.44. The SMILES string of the molecule is Cc1ccc(S(=O)(=O)C#Cc2ccccc2Cl)cc1. The molecule has 0 radical (unpaired) electrons. The highest BCUT2D eigenvalue weighted by atomic mass is 35.5. The van der Waals surface area contributed by atoms with Crippen molar-refractivity contribution in [3.8, 4) is 11.2 Å². The maximum absolute atomic E-state index is 12.0. The summed E-state index contributed by atoms with van der Waals surface area (Å²) in [5, 5.41) is 2.73. The molecule has 0 spiro atoms. The normalized spacial score (nSPS) is 10.6. The van der Waals surface area contributed by atoms with Crippen LogP contribution in [0.2, 0.25) is 5.02 Å². The summed E-state index contributed by atoms with van der Waals surface area (Å²) in [5.41, 5.74) is 1.50. The van der Waals surface area contributed by atoms with E-state index in [1.165, 1.54) is 0 Å². The van der Waals surface area contributed by atoms with E-state index in [-0.39, 0.29) is 4.90 Å². The van der Waals surface area contributed by atoms with Crippen molar-refractivity contribution >= 4 is 21.4 Å². The van der Waals surface area contributed by atoms with Crippen LogP contribution in [0.1, 0.15) is 11.1 Å². The molecule has 0 saturated heterocycles. The number of aryl methyl sites for hydroxylation is 1. The van der Waals surface area contributed by atoms with Gasteiger partial charge in [0.25, 0.3) is 0 Å². The van der Waals surface area contributed by atoms with E-state index in [0.717, 1.165) is 5.56 Å². The van der Waals surface area contributed by atoms with Gasteiger partial charge in [0.1, 0.15) is 0 Å². The molecule has 0 aliphatic carbocycles. The smallest absolute Gasteiger partial charge is 0.210 e. The van der Waals surface area contributed by atoms with E-state index < -0.39 is 9.84 Å². The molecule has 0 heterocycles. The summed E-state index contributed by atoms with van der Waals surface area (Å²) in [6.07, 6.45) is 0. The summed E-state index contributed by atoms with van der Waals surface area (Å²) in [6.45, 7) is 1.89. The Balaban J connectivity index is 2.38. The van der Waals surface area contributed by atoms with Crippen LogP contribution < -0.4 is 0 Å². The van der Waals surface area contributed by atoms with Gasteiger partial charge in [-0.15, -0.1) is 0 Å². The van der Waals surface area contributed by atoms with Crippen molar-refractivity contribution in [3.63, 3.8) is 0 Å². The summed E-state index contributed by atoms with van der Waals surface area (Å²) in [6, 6.07) is 13.5. The van der Waals surface area contributed by atoms with Crippen LogP contribution in [0.5, 0.6) is 0 Å². The predicted octanol–water partition coefficient (Wildman–Crippen LogP) is 3.43. The van der Waals surface area contributed by atoms with Gasteiger partial charge in [-0.1, -0.05) is 41.4 Å². The van der Waals surface area contributed by atoms with Gasteiger partial charge in [0.05, 0.1) is 9.92 Å². The number of sulfone groups is 1. The van der Waals surface area contributed by atoms with E-state index in [2.05, 4.69) is 11.2 Å². The zero-order chi connectivity index (χ0) is 13.9. The lowest BCUT2D eigenvalue weighted by molar-refractivity contribution is 0.606. The molecule has 0 N–H and O–H groups in total. The topological polar surface area (TPSA) is 34.1 Å². The minimum absolute atomic E-state index is 0.192. The number of benzene rings is 2. The summed E-state index contributed by atoms with van der Waals surface area (Å²) in [4.78, 5) is 0.192. The van der Waals surface area contributed by atoms with Crippen LogP contribution in [0.4, 0.5) is 0 Å². The molecule has 2 aromatic carbocycles. The summed E-state index contributed by atoms with van der Waals surface area (Å²) >= 11 is 5.92.